The standard InChI is InChI=1S/C14H23N3O3S/c1-3-21(19,20)17-8-6-12(7-9-17)15-10-13-14(18)5-4-11(2)16-13/h4-5,12,15,18H,3,6-10H2,1-2H3. The SMILES string of the molecule is CCS(=O)(=O)N1CCC(NCc2nc(C)ccc2O)CC1. The highest BCUT2D eigenvalue weighted by Gasteiger charge is 2.26. The molecule has 0 amide bonds. The summed E-state index contributed by atoms with van der Waals surface area (Å²) in [6.45, 7) is 5.17. The fraction of sp³-hybridized carbons (Fsp3) is 0.643. The zero-order chi connectivity index (χ0) is 15.5. The van der Waals surface area contributed by atoms with E-state index in [1.54, 1.807) is 23.4 Å². The van der Waals surface area contributed by atoms with Gasteiger partial charge in [-0.3, -0.25) is 4.98 Å². The lowest BCUT2D eigenvalue weighted by molar-refractivity contribution is 0.287. The second-order valence-electron chi connectivity index (χ2n) is 5.37. The van der Waals surface area contributed by atoms with E-state index in [0.29, 0.717) is 25.3 Å². The zero-order valence-electron chi connectivity index (χ0n) is 12.5. The van der Waals surface area contributed by atoms with Crippen molar-refractivity contribution >= 4 is 10.0 Å². The second-order valence-corrected chi connectivity index (χ2v) is 7.63. The summed E-state index contributed by atoms with van der Waals surface area (Å²) in [6.07, 6.45) is 1.57. The molecule has 0 radical (unpaired) electrons. The van der Waals surface area contributed by atoms with Crippen LogP contribution in [-0.2, 0) is 16.6 Å². The number of aromatic hydroxyl groups is 1. The smallest absolute Gasteiger partial charge is 0.213 e. The van der Waals surface area contributed by atoms with Gasteiger partial charge >= 0.3 is 0 Å². The van der Waals surface area contributed by atoms with Crippen LogP contribution in [0.15, 0.2) is 12.1 Å². The summed E-state index contributed by atoms with van der Waals surface area (Å²) in [5, 5.41) is 13.1. The van der Waals surface area contributed by atoms with Crippen LogP contribution < -0.4 is 5.32 Å². The monoisotopic (exact) mass is 313 g/mol. The number of piperidine rings is 1. The Labute approximate surface area is 126 Å². The van der Waals surface area contributed by atoms with Gasteiger partial charge in [0, 0.05) is 31.4 Å². The first-order chi connectivity index (χ1) is 9.92. The average molecular weight is 313 g/mol. The molecule has 1 fully saturated rings. The second kappa shape index (κ2) is 6.72. The molecule has 0 saturated carbocycles. The Kier molecular flexibility index (Phi) is 5.18. The van der Waals surface area contributed by atoms with Gasteiger partial charge < -0.3 is 10.4 Å². The Morgan fingerprint density at radius 2 is 2.05 bits per heavy atom. The Morgan fingerprint density at radius 3 is 2.67 bits per heavy atom. The van der Waals surface area contributed by atoms with Gasteiger partial charge in [0.05, 0.1) is 11.4 Å². The summed E-state index contributed by atoms with van der Waals surface area (Å²) in [5.74, 6) is 0.353. The number of rotatable bonds is 5. The van der Waals surface area contributed by atoms with E-state index in [-0.39, 0.29) is 17.5 Å². The largest absolute Gasteiger partial charge is 0.506 e. The van der Waals surface area contributed by atoms with Crippen LogP contribution in [0.2, 0.25) is 0 Å². The van der Waals surface area contributed by atoms with Crippen LogP contribution in [0.3, 0.4) is 0 Å². The Balaban J connectivity index is 1.86. The van der Waals surface area contributed by atoms with Gasteiger partial charge in [-0.25, -0.2) is 12.7 Å². The molecule has 7 heteroatoms. The number of hydrogen-bond donors (Lipinski definition) is 2. The van der Waals surface area contributed by atoms with Crippen molar-refractivity contribution in [2.24, 2.45) is 0 Å². The third-order valence-corrected chi connectivity index (χ3v) is 5.74. The minimum atomic E-state index is -3.07. The molecule has 0 spiro atoms. The maximum absolute atomic E-state index is 11.8. The lowest BCUT2D eigenvalue weighted by Gasteiger charge is -2.31. The van der Waals surface area contributed by atoms with Gasteiger partial charge in [-0.05, 0) is 38.8 Å². The minimum Gasteiger partial charge on any atom is -0.506 e. The fourth-order valence-electron chi connectivity index (χ4n) is 2.49. The molecular formula is C14H23N3O3S. The molecule has 0 atom stereocenters. The first-order valence-corrected chi connectivity index (χ1v) is 8.90. The summed E-state index contributed by atoms with van der Waals surface area (Å²) in [7, 11) is -3.07. The molecule has 2 rings (SSSR count). The van der Waals surface area contributed by atoms with Crippen LogP contribution >= 0.6 is 0 Å². The lowest BCUT2D eigenvalue weighted by Crippen LogP contribution is -2.45. The van der Waals surface area contributed by atoms with E-state index in [4.69, 9.17) is 0 Å². The topological polar surface area (TPSA) is 82.5 Å². The van der Waals surface area contributed by atoms with Crippen LogP contribution in [0.5, 0.6) is 5.75 Å². The van der Waals surface area contributed by atoms with Gasteiger partial charge in [-0.1, -0.05) is 0 Å². The minimum absolute atomic E-state index is 0.159. The van der Waals surface area contributed by atoms with Crippen LogP contribution in [0.4, 0.5) is 0 Å². The highest BCUT2D eigenvalue weighted by Crippen LogP contribution is 2.17. The lowest BCUT2D eigenvalue weighted by atomic mass is 10.1. The maximum atomic E-state index is 11.8. The van der Waals surface area contributed by atoms with Gasteiger partial charge in [-0.2, -0.15) is 0 Å². The van der Waals surface area contributed by atoms with Crippen molar-refractivity contribution in [3.8, 4) is 5.75 Å². The molecule has 1 aliphatic rings. The zero-order valence-corrected chi connectivity index (χ0v) is 13.4. The van der Waals surface area contributed by atoms with E-state index in [0.717, 1.165) is 18.5 Å². The first-order valence-electron chi connectivity index (χ1n) is 7.29. The van der Waals surface area contributed by atoms with Crippen molar-refractivity contribution in [2.45, 2.75) is 39.3 Å². The summed E-state index contributed by atoms with van der Waals surface area (Å²) in [6, 6.07) is 3.68. The highest BCUT2D eigenvalue weighted by atomic mass is 32.2. The quantitative estimate of drug-likeness (QED) is 0.847. The predicted octanol–water partition coefficient (Wildman–Crippen LogP) is 0.999. The summed E-state index contributed by atoms with van der Waals surface area (Å²) in [5.41, 5.74) is 1.51. The molecule has 1 aliphatic heterocycles. The Morgan fingerprint density at radius 1 is 1.38 bits per heavy atom. The van der Waals surface area contributed by atoms with Crippen molar-refractivity contribution in [3.05, 3.63) is 23.5 Å². The number of hydrogen-bond acceptors (Lipinski definition) is 5. The molecule has 0 bridgehead atoms. The van der Waals surface area contributed by atoms with Crippen molar-refractivity contribution in [2.75, 3.05) is 18.8 Å². The van der Waals surface area contributed by atoms with E-state index >= 15 is 0 Å². The summed E-state index contributed by atoms with van der Waals surface area (Å²) in [4.78, 5) is 4.31. The van der Waals surface area contributed by atoms with Crippen molar-refractivity contribution in [1.29, 1.82) is 0 Å². The Bertz CT molecular complexity index is 581. The summed E-state index contributed by atoms with van der Waals surface area (Å²) < 4.78 is 25.1. The fourth-order valence-corrected chi connectivity index (χ4v) is 3.63. The normalized spacial score (nSPS) is 18.0. The van der Waals surface area contributed by atoms with Crippen LogP contribution in [-0.4, -0.2) is 47.7 Å². The van der Waals surface area contributed by atoms with Gasteiger partial charge in [0.25, 0.3) is 0 Å². The molecule has 0 aliphatic carbocycles. The van der Waals surface area contributed by atoms with E-state index in [1.165, 1.54) is 0 Å². The highest BCUT2D eigenvalue weighted by molar-refractivity contribution is 7.89. The third-order valence-electron chi connectivity index (χ3n) is 3.86. The molecule has 1 aromatic heterocycles. The van der Waals surface area contributed by atoms with Gasteiger partial charge in [0.1, 0.15) is 5.75 Å². The first kappa shape index (κ1) is 16.2. The predicted molar refractivity (Wildman–Crippen MR) is 81.5 cm³/mol. The number of sulfonamides is 1. The molecule has 0 aromatic carbocycles. The molecule has 1 aromatic rings. The van der Waals surface area contributed by atoms with E-state index in [9.17, 15) is 13.5 Å². The third kappa shape index (κ3) is 4.15. The summed E-state index contributed by atoms with van der Waals surface area (Å²) >= 11 is 0. The molecule has 118 valence electrons. The molecule has 2 heterocycles. The van der Waals surface area contributed by atoms with E-state index in [2.05, 4.69) is 10.3 Å². The van der Waals surface area contributed by atoms with Gasteiger partial charge in [0.2, 0.25) is 10.0 Å². The Hall–Kier alpha value is -1.18. The molecule has 21 heavy (non-hydrogen) atoms. The molecular weight excluding hydrogens is 290 g/mol. The van der Waals surface area contributed by atoms with Gasteiger partial charge in [-0.15, -0.1) is 0 Å². The van der Waals surface area contributed by atoms with Crippen molar-refractivity contribution in [1.82, 2.24) is 14.6 Å². The number of nitrogens with zero attached hydrogens (tertiary/aromatic N) is 2. The van der Waals surface area contributed by atoms with Crippen molar-refractivity contribution < 1.29 is 13.5 Å². The van der Waals surface area contributed by atoms with Gasteiger partial charge in [0.15, 0.2) is 0 Å². The maximum Gasteiger partial charge on any atom is 0.213 e. The molecule has 0 unspecified atom stereocenters. The number of nitrogens with one attached hydrogen (secondary N) is 1. The van der Waals surface area contributed by atoms with E-state index < -0.39 is 10.0 Å². The average Bonchev–Trinajstić information content (AvgIpc) is 2.48. The number of aryl methyl sites for hydroxylation is 1. The number of pyridine rings is 1. The van der Waals surface area contributed by atoms with Crippen LogP contribution in [0.1, 0.15) is 31.2 Å². The van der Waals surface area contributed by atoms with E-state index in [1.807, 2.05) is 6.92 Å². The molecule has 6 nitrogen and oxygen atoms in total. The van der Waals surface area contributed by atoms with Crippen LogP contribution in [0, 0.1) is 6.92 Å². The molecule has 2 N–H and O–H groups in total. The number of aromatic nitrogens is 1. The van der Waals surface area contributed by atoms with Crippen LogP contribution in [0.25, 0.3) is 0 Å². The molecule has 1 saturated heterocycles. The van der Waals surface area contributed by atoms with Crippen molar-refractivity contribution in [3.63, 3.8) is 0 Å².